The van der Waals surface area contributed by atoms with Crippen LogP contribution in [0.2, 0.25) is 0 Å². The second kappa shape index (κ2) is 4.12. The molecular weight excluding hydrogens is 236 g/mol. The summed E-state index contributed by atoms with van der Waals surface area (Å²) >= 11 is 0. The molecule has 1 saturated heterocycles. The maximum Gasteiger partial charge on any atom is 0.254 e. The maximum absolute atomic E-state index is 12.7. The van der Waals surface area contributed by atoms with Crippen molar-refractivity contribution in [1.29, 1.82) is 0 Å². The number of aromatic nitrogens is 1. The number of aromatic amines is 1. The molecule has 2 unspecified atom stereocenters. The zero-order valence-corrected chi connectivity index (χ0v) is 10.9. The Hall–Kier alpha value is -1.77. The number of carbonyl (C=O) groups excluding carboxylic acids is 1. The Morgan fingerprint density at radius 3 is 2.74 bits per heavy atom. The number of fused-ring (bicyclic) bond motifs is 2. The van der Waals surface area contributed by atoms with Gasteiger partial charge in [0.25, 0.3) is 5.91 Å². The van der Waals surface area contributed by atoms with Gasteiger partial charge < -0.3 is 9.88 Å². The second-order valence-electron chi connectivity index (χ2n) is 5.91. The van der Waals surface area contributed by atoms with E-state index in [4.69, 9.17) is 0 Å². The molecule has 3 heteroatoms. The lowest BCUT2D eigenvalue weighted by atomic mass is 10.0. The van der Waals surface area contributed by atoms with E-state index in [0.29, 0.717) is 0 Å². The number of hydrogen-bond acceptors (Lipinski definition) is 1. The summed E-state index contributed by atoms with van der Waals surface area (Å²) in [4.78, 5) is 17.9. The van der Waals surface area contributed by atoms with Gasteiger partial charge in [0.05, 0.1) is 0 Å². The highest BCUT2D eigenvalue weighted by atomic mass is 16.2. The van der Waals surface area contributed by atoms with E-state index in [0.717, 1.165) is 41.4 Å². The summed E-state index contributed by atoms with van der Waals surface area (Å²) in [7, 11) is 0. The van der Waals surface area contributed by atoms with E-state index >= 15 is 0 Å². The van der Waals surface area contributed by atoms with Crippen LogP contribution in [0.15, 0.2) is 30.5 Å². The lowest BCUT2D eigenvalue weighted by Gasteiger charge is -2.17. The first-order valence-electron chi connectivity index (χ1n) is 7.18. The van der Waals surface area contributed by atoms with Crippen molar-refractivity contribution < 1.29 is 4.79 Å². The lowest BCUT2D eigenvalue weighted by molar-refractivity contribution is 0.0782. The smallest absolute Gasteiger partial charge is 0.254 e. The highest BCUT2D eigenvalue weighted by molar-refractivity contribution is 6.06. The molecule has 3 nitrogen and oxygen atoms in total. The monoisotopic (exact) mass is 254 g/mol. The summed E-state index contributed by atoms with van der Waals surface area (Å²) in [6.07, 6.45) is 5.87. The molecule has 98 valence electrons. The number of likely N-dealkylation sites (tertiary alicyclic amines) is 1. The number of nitrogens with zero attached hydrogens (tertiary/aromatic N) is 1. The van der Waals surface area contributed by atoms with Gasteiger partial charge in [-0.3, -0.25) is 4.79 Å². The minimum Gasteiger partial charge on any atom is -0.361 e. The molecule has 2 atom stereocenters. The molecule has 0 spiro atoms. The quantitative estimate of drug-likeness (QED) is 0.834. The molecule has 1 aromatic heterocycles. The number of carbonyl (C=O) groups is 1. The number of amides is 1. The maximum atomic E-state index is 12.7. The molecule has 1 aromatic carbocycles. The van der Waals surface area contributed by atoms with Crippen LogP contribution in [-0.4, -0.2) is 28.9 Å². The van der Waals surface area contributed by atoms with Crippen molar-refractivity contribution in [2.24, 2.45) is 11.8 Å². The Balaban J connectivity index is 1.65. The average Bonchev–Trinajstić information content (AvgIpc) is 3.11. The van der Waals surface area contributed by atoms with Crippen molar-refractivity contribution in [2.75, 3.05) is 13.1 Å². The van der Waals surface area contributed by atoms with E-state index in [9.17, 15) is 4.79 Å². The Kier molecular flexibility index (Phi) is 2.40. The van der Waals surface area contributed by atoms with Gasteiger partial charge in [-0.25, -0.2) is 0 Å². The molecule has 1 saturated carbocycles. The molecule has 1 N–H and O–H groups in total. The standard InChI is InChI=1S/C16H18N2O/c19-16(18-9-11-3-1-4-12(11)10-18)14-5-2-6-15-13(14)7-8-17-15/h2,5-8,11-12,17H,1,3-4,9-10H2. The molecule has 2 fully saturated rings. The minimum atomic E-state index is 0.208. The summed E-state index contributed by atoms with van der Waals surface area (Å²) in [5.41, 5.74) is 1.89. The largest absolute Gasteiger partial charge is 0.361 e. The first-order valence-corrected chi connectivity index (χ1v) is 7.18. The topological polar surface area (TPSA) is 36.1 Å². The molecule has 2 aliphatic rings. The number of rotatable bonds is 1. The van der Waals surface area contributed by atoms with Gasteiger partial charge in [-0.1, -0.05) is 12.5 Å². The fraction of sp³-hybridized carbons (Fsp3) is 0.438. The third kappa shape index (κ3) is 1.68. The third-order valence-electron chi connectivity index (χ3n) is 4.84. The highest BCUT2D eigenvalue weighted by Gasteiger charge is 2.38. The minimum absolute atomic E-state index is 0.208. The van der Waals surface area contributed by atoms with E-state index < -0.39 is 0 Å². The van der Waals surface area contributed by atoms with E-state index in [1.165, 1.54) is 19.3 Å². The van der Waals surface area contributed by atoms with Gasteiger partial charge >= 0.3 is 0 Å². The normalized spacial score (nSPS) is 26.0. The van der Waals surface area contributed by atoms with Crippen LogP contribution in [0.1, 0.15) is 29.6 Å². The fourth-order valence-electron chi connectivity index (χ4n) is 3.84. The second-order valence-corrected chi connectivity index (χ2v) is 5.91. The number of nitrogens with one attached hydrogen (secondary N) is 1. The number of H-pyrrole nitrogens is 1. The van der Waals surface area contributed by atoms with Crippen LogP contribution in [0, 0.1) is 11.8 Å². The Labute approximate surface area is 112 Å². The zero-order valence-electron chi connectivity index (χ0n) is 10.9. The fourth-order valence-corrected chi connectivity index (χ4v) is 3.84. The molecular formula is C16H18N2O. The van der Waals surface area contributed by atoms with Crippen LogP contribution in [0.4, 0.5) is 0 Å². The van der Waals surface area contributed by atoms with E-state index in [2.05, 4.69) is 9.88 Å². The predicted octanol–water partition coefficient (Wildman–Crippen LogP) is 3.04. The molecule has 1 amide bonds. The average molecular weight is 254 g/mol. The molecule has 1 aliphatic heterocycles. The first-order chi connectivity index (χ1) is 9.33. The van der Waals surface area contributed by atoms with Crippen molar-refractivity contribution in [2.45, 2.75) is 19.3 Å². The van der Waals surface area contributed by atoms with Crippen molar-refractivity contribution in [3.8, 4) is 0 Å². The van der Waals surface area contributed by atoms with Crippen molar-refractivity contribution >= 4 is 16.8 Å². The third-order valence-corrected chi connectivity index (χ3v) is 4.84. The van der Waals surface area contributed by atoms with Crippen molar-refractivity contribution in [3.63, 3.8) is 0 Å². The molecule has 19 heavy (non-hydrogen) atoms. The van der Waals surface area contributed by atoms with Gasteiger partial charge in [0.2, 0.25) is 0 Å². The van der Waals surface area contributed by atoms with Crippen LogP contribution < -0.4 is 0 Å². The van der Waals surface area contributed by atoms with Gasteiger partial charge in [0.1, 0.15) is 0 Å². The molecule has 1 aliphatic carbocycles. The SMILES string of the molecule is O=C(c1cccc2[nH]ccc12)N1CC2CCCC2C1. The first kappa shape index (κ1) is 11.1. The van der Waals surface area contributed by atoms with Crippen LogP contribution in [-0.2, 0) is 0 Å². The summed E-state index contributed by atoms with van der Waals surface area (Å²) in [6.45, 7) is 1.93. The van der Waals surface area contributed by atoms with E-state index in [1.54, 1.807) is 0 Å². The molecule has 4 rings (SSSR count). The Morgan fingerprint density at radius 2 is 1.95 bits per heavy atom. The van der Waals surface area contributed by atoms with Crippen LogP contribution in [0.3, 0.4) is 0 Å². The van der Waals surface area contributed by atoms with E-state index in [-0.39, 0.29) is 5.91 Å². The predicted molar refractivity (Wildman–Crippen MR) is 75.0 cm³/mol. The summed E-state index contributed by atoms with van der Waals surface area (Å²) < 4.78 is 0. The molecule has 2 aromatic rings. The van der Waals surface area contributed by atoms with E-state index in [1.807, 2.05) is 30.5 Å². The van der Waals surface area contributed by atoms with Crippen LogP contribution >= 0.6 is 0 Å². The van der Waals surface area contributed by atoms with Gasteiger partial charge in [0.15, 0.2) is 0 Å². The lowest BCUT2D eigenvalue weighted by Crippen LogP contribution is -2.29. The molecule has 2 heterocycles. The van der Waals surface area contributed by atoms with Gasteiger partial charge in [-0.15, -0.1) is 0 Å². The van der Waals surface area contributed by atoms with Crippen molar-refractivity contribution in [3.05, 3.63) is 36.0 Å². The van der Waals surface area contributed by atoms with Crippen LogP contribution in [0.5, 0.6) is 0 Å². The Morgan fingerprint density at radius 1 is 1.16 bits per heavy atom. The Bertz CT molecular complexity index is 618. The van der Waals surface area contributed by atoms with Crippen molar-refractivity contribution in [1.82, 2.24) is 9.88 Å². The number of hydrogen-bond donors (Lipinski definition) is 1. The zero-order chi connectivity index (χ0) is 12.8. The summed E-state index contributed by atoms with van der Waals surface area (Å²) in [6, 6.07) is 7.93. The van der Waals surface area contributed by atoms with Crippen LogP contribution in [0.25, 0.3) is 10.9 Å². The molecule has 0 radical (unpaired) electrons. The summed E-state index contributed by atoms with van der Waals surface area (Å²) in [5.74, 6) is 1.73. The summed E-state index contributed by atoms with van der Waals surface area (Å²) in [5, 5.41) is 1.05. The van der Waals surface area contributed by atoms with Gasteiger partial charge in [0, 0.05) is 35.8 Å². The van der Waals surface area contributed by atoms with Gasteiger partial charge in [-0.05, 0) is 42.9 Å². The molecule has 0 bridgehead atoms. The van der Waals surface area contributed by atoms with Gasteiger partial charge in [-0.2, -0.15) is 0 Å². The highest BCUT2D eigenvalue weighted by Crippen LogP contribution is 2.38. The number of benzene rings is 1.